The zero-order valence-electron chi connectivity index (χ0n) is 41.3. The number of carbonyl (C=O) groups excluding carboxylic acids is 7. The van der Waals surface area contributed by atoms with E-state index >= 15 is 0 Å². The molecule has 7 amide bonds. The van der Waals surface area contributed by atoms with Gasteiger partial charge in [-0.05, 0) is 61.1 Å². The number of benzene rings is 1. The molecule has 18 heteroatoms. The number of likely N-dealkylation sites (N-methyl/N-ethyl adjacent to an activating group) is 2. The van der Waals surface area contributed by atoms with Gasteiger partial charge < -0.3 is 39.9 Å². The van der Waals surface area contributed by atoms with Crippen LogP contribution in [0.2, 0.25) is 0 Å². The number of likely N-dealkylation sites (tertiary alicyclic amines) is 1. The first-order chi connectivity index (χ1) is 31.6. The third-order valence-corrected chi connectivity index (χ3v) is 13.3. The number of hydrogen-bond acceptors (Lipinski definition) is 10. The van der Waals surface area contributed by atoms with Crippen molar-refractivity contribution in [2.24, 2.45) is 23.7 Å². The topological polar surface area (TPSA) is 212 Å². The highest BCUT2D eigenvalue weighted by molar-refractivity contribution is 6.12. The first-order valence-corrected chi connectivity index (χ1v) is 23.6. The number of rotatable bonds is 27. The molecule has 1 fully saturated rings. The second kappa shape index (κ2) is 26.3. The molecule has 17 nitrogen and oxygen atoms in total. The fourth-order valence-electron chi connectivity index (χ4n) is 9.27. The van der Waals surface area contributed by atoms with Gasteiger partial charge in [0.2, 0.25) is 29.5 Å². The minimum absolute atomic E-state index is 0.0646. The smallest absolute Gasteiger partial charge is 0.326 e. The maximum Gasteiger partial charge on any atom is 0.326 e. The summed E-state index contributed by atoms with van der Waals surface area (Å²) >= 11 is 0. The van der Waals surface area contributed by atoms with Gasteiger partial charge in [-0.25, -0.2) is 9.18 Å². The Balaban J connectivity index is 1.71. The van der Waals surface area contributed by atoms with Crippen LogP contribution in [0, 0.1) is 29.5 Å². The van der Waals surface area contributed by atoms with Crippen molar-refractivity contribution < 1.29 is 57.3 Å². The number of carboxylic acids is 1. The number of carboxylic acid groups (broad SMARTS) is 1. The molecular formula is C49H75FN6O11. The predicted molar refractivity (Wildman–Crippen MR) is 248 cm³/mol. The van der Waals surface area contributed by atoms with Crippen molar-refractivity contribution in [1.29, 1.82) is 0 Å². The van der Waals surface area contributed by atoms with E-state index in [9.17, 15) is 47.9 Å². The van der Waals surface area contributed by atoms with Crippen molar-refractivity contribution in [3.05, 3.63) is 47.8 Å². The monoisotopic (exact) mass is 943 g/mol. The van der Waals surface area contributed by atoms with Gasteiger partial charge in [-0.2, -0.15) is 0 Å². The Morgan fingerprint density at radius 1 is 0.851 bits per heavy atom. The van der Waals surface area contributed by atoms with Gasteiger partial charge in [0, 0.05) is 66.4 Å². The summed E-state index contributed by atoms with van der Waals surface area (Å²) < 4.78 is 25.4. The molecule has 0 aromatic heterocycles. The standard InChI is InChI=1S/C49H75FN6O11/c1-12-31(6)44(54(9)48(63)42(29(2)3)52-47(62)43(30(4)5)53(8)38(57)18-14-13-15-25-56-39(58)23-24-40(56)59)37(66-10)28-41(60)55-26-16-17-36(55)45(67-11)32(7)46(61)51-35(49(64)65)27-33-19-21-34(50)22-20-33/h19-24,29-32,35-37,42-45H,12-18,25-28H2,1-11H3,(H,51,61)(H,52,62)(H,64,65)/t31-,32+,35?,36?,37+,42?,43?,44-,45+/m0/s1. The van der Waals surface area contributed by atoms with E-state index in [0.29, 0.717) is 50.6 Å². The summed E-state index contributed by atoms with van der Waals surface area (Å²) in [6, 6.07) is 1.08. The van der Waals surface area contributed by atoms with Crippen molar-refractivity contribution in [1.82, 2.24) is 30.2 Å². The van der Waals surface area contributed by atoms with Gasteiger partial charge in [0.25, 0.3) is 11.8 Å². The highest BCUT2D eigenvalue weighted by atomic mass is 19.1. The number of ether oxygens (including phenoxy) is 2. The average molecular weight is 943 g/mol. The molecule has 9 atom stereocenters. The van der Waals surface area contributed by atoms with Gasteiger partial charge >= 0.3 is 5.97 Å². The highest BCUT2D eigenvalue weighted by Gasteiger charge is 2.44. The van der Waals surface area contributed by atoms with Gasteiger partial charge in [-0.3, -0.25) is 38.5 Å². The van der Waals surface area contributed by atoms with Gasteiger partial charge in [-0.1, -0.05) is 73.4 Å². The molecule has 2 heterocycles. The average Bonchev–Trinajstić information content (AvgIpc) is 3.90. The van der Waals surface area contributed by atoms with E-state index in [2.05, 4.69) is 10.6 Å². The normalized spacial score (nSPS) is 18.6. The molecule has 1 aromatic carbocycles. The van der Waals surface area contributed by atoms with Gasteiger partial charge in [0.15, 0.2) is 0 Å². The molecule has 374 valence electrons. The maximum absolute atomic E-state index is 14.6. The lowest BCUT2D eigenvalue weighted by Gasteiger charge is -2.41. The van der Waals surface area contributed by atoms with Crippen molar-refractivity contribution in [2.75, 3.05) is 41.4 Å². The molecule has 2 aliphatic heterocycles. The van der Waals surface area contributed by atoms with Crippen LogP contribution in [0.1, 0.15) is 105 Å². The lowest BCUT2D eigenvalue weighted by Crippen LogP contribution is -2.60. The van der Waals surface area contributed by atoms with Crippen LogP contribution in [-0.4, -0.2) is 156 Å². The summed E-state index contributed by atoms with van der Waals surface area (Å²) in [4.78, 5) is 112. The fraction of sp³-hybridized carbons (Fsp3) is 0.673. The lowest BCUT2D eigenvalue weighted by atomic mass is 9.89. The van der Waals surface area contributed by atoms with Crippen LogP contribution in [0.25, 0.3) is 0 Å². The third-order valence-electron chi connectivity index (χ3n) is 13.3. The van der Waals surface area contributed by atoms with Gasteiger partial charge in [-0.15, -0.1) is 0 Å². The van der Waals surface area contributed by atoms with E-state index in [1.807, 2.05) is 41.5 Å². The Kier molecular flexibility index (Phi) is 22.1. The van der Waals surface area contributed by atoms with Crippen LogP contribution in [0.4, 0.5) is 4.39 Å². The van der Waals surface area contributed by atoms with E-state index in [0.717, 1.165) is 4.90 Å². The van der Waals surface area contributed by atoms with Crippen molar-refractivity contribution in [3.63, 3.8) is 0 Å². The molecule has 2 aliphatic rings. The number of unbranched alkanes of at least 4 members (excludes halogenated alkanes) is 2. The first kappa shape index (κ1) is 56.1. The number of nitrogens with one attached hydrogen (secondary N) is 2. The largest absolute Gasteiger partial charge is 0.480 e. The van der Waals surface area contributed by atoms with Crippen LogP contribution in [0.3, 0.4) is 0 Å². The Bertz CT molecular complexity index is 1890. The lowest BCUT2D eigenvalue weighted by molar-refractivity contribution is -0.149. The molecule has 0 saturated carbocycles. The number of amides is 7. The molecule has 3 N–H and O–H groups in total. The highest BCUT2D eigenvalue weighted by Crippen LogP contribution is 2.30. The zero-order valence-corrected chi connectivity index (χ0v) is 41.3. The van der Waals surface area contributed by atoms with Crippen molar-refractivity contribution >= 4 is 47.3 Å². The summed E-state index contributed by atoms with van der Waals surface area (Å²) in [6.45, 7) is 13.5. The molecule has 0 aliphatic carbocycles. The number of carbonyl (C=O) groups is 8. The van der Waals surface area contributed by atoms with Crippen LogP contribution in [0.5, 0.6) is 0 Å². The predicted octanol–water partition coefficient (Wildman–Crippen LogP) is 3.97. The number of hydrogen-bond donors (Lipinski definition) is 3. The molecular weight excluding hydrogens is 868 g/mol. The van der Waals surface area contributed by atoms with Crippen molar-refractivity contribution in [3.8, 4) is 0 Å². The number of nitrogens with zero attached hydrogens (tertiary/aromatic N) is 4. The summed E-state index contributed by atoms with van der Waals surface area (Å²) in [7, 11) is 6.13. The molecule has 0 spiro atoms. The Morgan fingerprint density at radius 2 is 1.48 bits per heavy atom. The molecule has 4 unspecified atom stereocenters. The van der Waals surface area contributed by atoms with E-state index in [1.54, 1.807) is 30.8 Å². The minimum atomic E-state index is -1.29. The number of halogens is 1. The molecule has 0 bridgehead atoms. The SMILES string of the molecule is CC[C@H](C)[C@@H]([C@@H](CC(=O)N1CCCC1[C@H](OC)[C@@H](C)C(=O)NC(Cc1ccc(F)cc1)C(=O)O)OC)N(C)C(=O)C(NC(=O)C(C(C)C)N(C)C(=O)CCCCCN1C(=O)C=CC1=O)C(C)C. The van der Waals surface area contributed by atoms with E-state index in [1.165, 1.54) is 55.5 Å². The first-order valence-electron chi connectivity index (χ1n) is 23.6. The molecule has 3 rings (SSSR count). The molecule has 1 aromatic rings. The summed E-state index contributed by atoms with van der Waals surface area (Å²) in [5, 5.41) is 15.5. The Labute approximate surface area is 395 Å². The third kappa shape index (κ3) is 15.1. The molecule has 1 saturated heterocycles. The van der Waals surface area contributed by atoms with Gasteiger partial charge in [0.1, 0.15) is 23.9 Å². The van der Waals surface area contributed by atoms with Crippen LogP contribution in [-0.2, 0) is 54.3 Å². The van der Waals surface area contributed by atoms with Crippen molar-refractivity contribution in [2.45, 2.75) is 149 Å². The second-order valence-corrected chi connectivity index (χ2v) is 18.7. The number of aliphatic carboxylic acids is 1. The Morgan fingerprint density at radius 3 is 2.01 bits per heavy atom. The molecule has 67 heavy (non-hydrogen) atoms. The van der Waals surface area contributed by atoms with E-state index in [4.69, 9.17) is 9.47 Å². The minimum Gasteiger partial charge on any atom is -0.480 e. The zero-order chi connectivity index (χ0) is 50.3. The number of methoxy groups -OCH3 is 2. The summed E-state index contributed by atoms with van der Waals surface area (Å²) in [5.74, 6) is -6.06. The second-order valence-electron chi connectivity index (χ2n) is 18.7. The van der Waals surface area contributed by atoms with Gasteiger partial charge in [0.05, 0.1) is 36.6 Å². The number of imide groups is 1. The summed E-state index contributed by atoms with van der Waals surface area (Å²) in [5.41, 5.74) is 0.530. The Hall–Kier alpha value is -5.23. The van der Waals surface area contributed by atoms with Crippen LogP contribution in [0.15, 0.2) is 36.4 Å². The molecule has 0 radical (unpaired) electrons. The van der Waals surface area contributed by atoms with E-state index < -0.39 is 71.9 Å². The quantitative estimate of drug-likeness (QED) is 0.0849. The van der Waals surface area contributed by atoms with Crippen LogP contribution >= 0.6 is 0 Å². The summed E-state index contributed by atoms with van der Waals surface area (Å²) in [6.07, 6.45) is 4.32. The van der Waals surface area contributed by atoms with E-state index in [-0.39, 0.29) is 73.1 Å². The maximum atomic E-state index is 14.6. The fourth-order valence-corrected chi connectivity index (χ4v) is 9.27. The van der Waals surface area contributed by atoms with Crippen LogP contribution < -0.4 is 10.6 Å².